The van der Waals surface area contributed by atoms with Crippen LogP contribution < -0.4 is 5.73 Å². The van der Waals surface area contributed by atoms with E-state index in [-0.39, 0.29) is 0 Å². The van der Waals surface area contributed by atoms with E-state index in [0.717, 1.165) is 12.2 Å². The first-order chi connectivity index (χ1) is 8.25. The summed E-state index contributed by atoms with van der Waals surface area (Å²) in [6.45, 7) is 3.99. The van der Waals surface area contributed by atoms with E-state index < -0.39 is 0 Å². The summed E-state index contributed by atoms with van der Waals surface area (Å²) in [6, 6.07) is 12.0. The van der Waals surface area contributed by atoms with E-state index in [4.69, 9.17) is 10.5 Å². The van der Waals surface area contributed by atoms with Gasteiger partial charge in [-0.15, -0.1) is 0 Å². The molecule has 2 aromatic rings. The number of hydrogen-bond acceptors (Lipinski definition) is 3. The molecule has 0 fully saturated rings. The van der Waals surface area contributed by atoms with Crippen LogP contribution in [0.3, 0.4) is 0 Å². The van der Waals surface area contributed by atoms with Gasteiger partial charge in [0.25, 0.3) is 0 Å². The summed E-state index contributed by atoms with van der Waals surface area (Å²) in [5.74, 6) is 0.561. The molecule has 1 heterocycles. The molecule has 4 nitrogen and oxygen atoms in total. The zero-order valence-electron chi connectivity index (χ0n) is 9.97. The van der Waals surface area contributed by atoms with E-state index in [9.17, 15) is 0 Å². The number of ether oxygens (including phenoxy) is 1. The van der Waals surface area contributed by atoms with Crippen molar-refractivity contribution in [2.75, 3.05) is 12.3 Å². The summed E-state index contributed by atoms with van der Waals surface area (Å²) in [6.07, 6.45) is 0. The quantitative estimate of drug-likeness (QED) is 0.801. The first-order valence-corrected chi connectivity index (χ1v) is 5.67. The monoisotopic (exact) mass is 231 g/mol. The van der Waals surface area contributed by atoms with E-state index in [0.29, 0.717) is 19.0 Å². The highest BCUT2D eigenvalue weighted by Gasteiger charge is 2.00. The Kier molecular flexibility index (Phi) is 3.77. The van der Waals surface area contributed by atoms with Crippen LogP contribution in [0, 0.1) is 6.92 Å². The van der Waals surface area contributed by atoms with E-state index in [1.54, 1.807) is 0 Å². The summed E-state index contributed by atoms with van der Waals surface area (Å²) in [5, 5.41) is 4.17. The van der Waals surface area contributed by atoms with Gasteiger partial charge in [-0.1, -0.05) is 30.3 Å². The molecule has 0 spiro atoms. The van der Waals surface area contributed by atoms with E-state index in [1.807, 2.05) is 35.9 Å². The van der Waals surface area contributed by atoms with E-state index >= 15 is 0 Å². The van der Waals surface area contributed by atoms with Gasteiger partial charge in [-0.25, -0.2) is 0 Å². The van der Waals surface area contributed by atoms with E-state index in [2.05, 4.69) is 17.2 Å². The highest BCUT2D eigenvalue weighted by Crippen LogP contribution is 2.04. The van der Waals surface area contributed by atoms with E-state index in [1.165, 1.54) is 5.56 Å². The molecule has 1 aromatic carbocycles. The second-order valence-electron chi connectivity index (χ2n) is 3.97. The molecule has 0 aliphatic carbocycles. The molecule has 0 bridgehead atoms. The number of anilines is 1. The van der Waals surface area contributed by atoms with Crippen LogP contribution in [-0.4, -0.2) is 16.4 Å². The molecule has 0 aliphatic heterocycles. The Balaban J connectivity index is 1.75. The number of aryl methyl sites for hydroxylation is 1. The van der Waals surface area contributed by atoms with Gasteiger partial charge < -0.3 is 10.5 Å². The molecule has 0 aliphatic rings. The SMILES string of the molecule is Cc1cc(N)nn1CCOCc1ccccc1. The van der Waals surface area contributed by atoms with Crippen molar-refractivity contribution in [1.29, 1.82) is 0 Å². The van der Waals surface area contributed by atoms with Crippen molar-refractivity contribution >= 4 is 5.82 Å². The molecule has 0 amide bonds. The zero-order chi connectivity index (χ0) is 12.1. The summed E-state index contributed by atoms with van der Waals surface area (Å²) < 4.78 is 7.45. The van der Waals surface area contributed by atoms with Crippen LogP contribution in [0.4, 0.5) is 5.82 Å². The van der Waals surface area contributed by atoms with Crippen LogP contribution in [0.2, 0.25) is 0 Å². The van der Waals surface area contributed by atoms with Gasteiger partial charge in [-0.3, -0.25) is 4.68 Å². The molecular weight excluding hydrogens is 214 g/mol. The van der Waals surface area contributed by atoms with Crippen molar-refractivity contribution < 1.29 is 4.74 Å². The van der Waals surface area contributed by atoms with Crippen molar-refractivity contribution in [2.45, 2.75) is 20.1 Å². The predicted octanol–water partition coefficient (Wildman–Crippen LogP) is 1.99. The maximum absolute atomic E-state index is 5.60. The number of benzene rings is 1. The fraction of sp³-hybridized carbons (Fsp3) is 0.308. The molecular formula is C13H17N3O. The minimum Gasteiger partial charge on any atom is -0.382 e. The van der Waals surface area contributed by atoms with Crippen LogP contribution in [0.1, 0.15) is 11.3 Å². The van der Waals surface area contributed by atoms with Gasteiger partial charge >= 0.3 is 0 Å². The van der Waals surface area contributed by atoms with Crippen molar-refractivity contribution in [3.8, 4) is 0 Å². The molecule has 2 N–H and O–H groups in total. The van der Waals surface area contributed by atoms with Gasteiger partial charge in [-0.2, -0.15) is 5.10 Å². The highest BCUT2D eigenvalue weighted by atomic mass is 16.5. The molecule has 4 heteroatoms. The third-order valence-electron chi connectivity index (χ3n) is 2.56. The van der Waals surface area contributed by atoms with Crippen LogP contribution in [0.25, 0.3) is 0 Å². The minimum atomic E-state index is 0.561. The number of hydrogen-bond donors (Lipinski definition) is 1. The van der Waals surface area contributed by atoms with Crippen LogP contribution in [0.15, 0.2) is 36.4 Å². The lowest BCUT2D eigenvalue weighted by Gasteiger charge is -2.06. The number of nitrogens with zero attached hydrogens (tertiary/aromatic N) is 2. The minimum absolute atomic E-state index is 0.561. The fourth-order valence-corrected chi connectivity index (χ4v) is 1.68. The average Bonchev–Trinajstić information content (AvgIpc) is 2.65. The first-order valence-electron chi connectivity index (χ1n) is 5.67. The maximum atomic E-state index is 5.60. The largest absolute Gasteiger partial charge is 0.382 e. The second kappa shape index (κ2) is 5.50. The summed E-state index contributed by atoms with van der Waals surface area (Å²) in [4.78, 5) is 0. The smallest absolute Gasteiger partial charge is 0.145 e. The van der Waals surface area contributed by atoms with Crippen molar-refractivity contribution in [3.05, 3.63) is 47.7 Å². The molecule has 0 unspecified atom stereocenters. The van der Waals surface area contributed by atoms with Gasteiger partial charge in [0, 0.05) is 11.8 Å². The Labute approximate surface area is 101 Å². The standard InChI is InChI=1S/C13H17N3O/c1-11-9-13(14)15-16(11)7-8-17-10-12-5-3-2-4-6-12/h2-6,9H,7-8,10H2,1H3,(H2,14,15). The molecule has 0 saturated carbocycles. The Morgan fingerprint density at radius 2 is 2.06 bits per heavy atom. The molecule has 0 atom stereocenters. The van der Waals surface area contributed by atoms with Crippen LogP contribution in [0.5, 0.6) is 0 Å². The molecule has 0 saturated heterocycles. The lowest BCUT2D eigenvalue weighted by Crippen LogP contribution is -2.09. The Bertz CT molecular complexity index is 465. The van der Waals surface area contributed by atoms with Crippen LogP contribution >= 0.6 is 0 Å². The molecule has 0 radical (unpaired) electrons. The van der Waals surface area contributed by atoms with Gasteiger partial charge in [0.05, 0.1) is 19.8 Å². The normalized spacial score (nSPS) is 10.6. The van der Waals surface area contributed by atoms with Gasteiger partial charge in [-0.05, 0) is 12.5 Å². The van der Waals surface area contributed by atoms with Crippen molar-refractivity contribution in [3.63, 3.8) is 0 Å². The fourth-order valence-electron chi connectivity index (χ4n) is 1.68. The zero-order valence-corrected chi connectivity index (χ0v) is 9.97. The Morgan fingerprint density at radius 3 is 2.71 bits per heavy atom. The topological polar surface area (TPSA) is 53.1 Å². The molecule has 90 valence electrons. The third-order valence-corrected chi connectivity index (χ3v) is 2.56. The lowest BCUT2D eigenvalue weighted by molar-refractivity contribution is 0.110. The molecule has 2 rings (SSSR count). The summed E-state index contributed by atoms with van der Waals surface area (Å²) in [5.41, 5.74) is 7.85. The van der Waals surface area contributed by atoms with Crippen molar-refractivity contribution in [2.24, 2.45) is 0 Å². The van der Waals surface area contributed by atoms with Gasteiger partial charge in [0.15, 0.2) is 0 Å². The maximum Gasteiger partial charge on any atom is 0.145 e. The lowest BCUT2D eigenvalue weighted by atomic mass is 10.2. The number of nitrogens with two attached hydrogens (primary N) is 1. The Hall–Kier alpha value is -1.81. The number of rotatable bonds is 5. The average molecular weight is 231 g/mol. The predicted molar refractivity (Wildman–Crippen MR) is 67.5 cm³/mol. The van der Waals surface area contributed by atoms with Gasteiger partial charge in [0.1, 0.15) is 5.82 Å². The van der Waals surface area contributed by atoms with Crippen molar-refractivity contribution in [1.82, 2.24) is 9.78 Å². The number of nitrogen functional groups attached to an aromatic ring is 1. The summed E-state index contributed by atoms with van der Waals surface area (Å²) >= 11 is 0. The van der Waals surface area contributed by atoms with Crippen LogP contribution in [-0.2, 0) is 17.9 Å². The molecule has 1 aromatic heterocycles. The Morgan fingerprint density at radius 1 is 1.29 bits per heavy atom. The summed E-state index contributed by atoms with van der Waals surface area (Å²) in [7, 11) is 0. The number of aromatic nitrogens is 2. The third kappa shape index (κ3) is 3.32. The van der Waals surface area contributed by atoms with Gasteiger partial charge in [0.2, 0.25) is 0 Å². The highest BCUT2D eigenvalue weighted by molar-refractivity contribution is 5.28. The second-order valence-corrected chi connectivity index (χ2v) is 3.97. The first kappa shape index (κ1) is 11.7. The molecule has 17 heavy (non-hydrogen) atoms.